The van der Waals surface area contributed by atoms with Crippen molar-refractivity contribution in [2.45, 2.75) is 25.0 Å². The van der Waals surface area contributed by atoms with E-state index >= 15 is 0 Å². The molecule has 0 spiro atoms. The monoisotopic (exact) mass is 351 g/mol. The molecule has 4 heteroatoms. The number of β-amino-alcohol motifs (C(OH)–C–C–N with tert-alkyl or cyclic N) is 1. The molecule has 0 bridgehead atoms. The van der Waals surface area contributed by atoms with Crippen molar-refractivity contribution in [2.75, 3.05) is 33.2 Å². The lowest BCUT2D eigenvalue weighted by atomic mass is 10.00. The molecule has 1 aromatic carbocycles. The molecule has 138 valence electrons. The molecule has 0 amide bonds. The van der Waals surface area contributed by atoms with Crippen LogP contribution in [-0.2, 0) is 6.42 Å². The highest BCUT2D eigenvalue weighted by Crippen LogP contribution is 2.17. The summed E-state index contributed by atoms with van der Waals surface area (Å²) in [6.07, 6.45) is 7.79. The van der Waals surface area contributed by atoms with Crippen LogP contribution in [0.1, 0.15) is 17.7 Å². The molecule has 2 atom stereocenters. The summed E-state index contributed by atoms with van der Waals surface area (Å²) >= 11 is 0. The van der Waals surface area contributed by atoms with Crippen LogP contribution < -0.4 is 0 Å². The van der Waals surface area contributed by atoms with Gasteiger partial charge in [0.2, 0.25) is 0 Å². The molecule has 3 rings (SSSR count). The SMILES string of the molecule is CN(CCc1ccccn1)[C@@H]1CCN(CC=Cc2ccccc2)C[C@H]1O. The van der Waals surface area contributed by atoms with E-state index in [2.05, 4.69) is 64.3 Å². The molecule has 26 heavy (non-hydrogen) atoms. The van der Waals surface area contributed by atoms with Gasteiger partial charge in [0.15, 0.2) is 0 Å². The number of hydrogen-bond donors (Lipinski definition) is 1. The van der Waals surface area contributed by atoms with Crippen LogP contribution in [0.5, 0.6) is 0 Å². The van der Waals surface area contributed by atoms with Crippen LogP contribution in [0.4, 0.5) is 0 Å². The average Bonchev–Trinajstić information content (AvgIpc) is 2.68. The third-order valence-corrected chi connectivity index (χ3v) is 5.12. The van der Waals surface area contributed by atoms with E-state index in [9.17, 15) is 5.11 Å². The Morgan fingerprint density at radius 3 is 2.73 bits per heavy atom. The molecule has 1 aliphatic heterocycles. The summed E-state index contributed by atoms with van der Waals surface area (Å²) in [4.78, 5) is 9.00. The summed E-state index contributed by atoms with van der Waals surface area (Å²) < 4.78 is 0. The van der Waals surface area contributed by atoms with Gasteiger partial charge < -0.3 is 10.0 Å². The molecule has 4 nitrogen and oxygen atoms in total. The van der Waals surface area contributed by atoms with Gasteiger partial charge in [0.25, 0.3) is 0 Å². The number of aliphatic hydroxyl groups excluding tert-OH is 1. The van der Waals surface area contributed by atoms with E-state index in [0.29, 0.717) is 0 Å². The molecule has 0 aliphatic carbocycles. The van der Waals surface area contributed by atoms with Gasteiger partial charge in [0, 0.05) is 50.5 Å². The van der Waals surface area contributed by atoms with Gasteiger partial charge in [-0.15, -0.1) is 0 Å². The van der Waals surface area contributed by atoms with Gasteiger partial charge in [-0.05, 0) is 31.2 Å². The van der Waals surface area contributed by atoms with Crippen LogP contribution in [0, 0.1) is 0 Å². The fourth-order valence-corrected chi connectivity index (χ4v) is 3.57. The third kappa shape index (κ3) is 5.49. The topological polar surface area (TPSA) is 39.6 Å². The number of likely N-dealkylation sites (tertiary alicyclic amines) is 1. The Bertz CT molecular complexity index is 674. The summed E-state index contributed by atoms with van der Waals surface area (Å²) in [5.74, 6) is 0. The second kappa shape index (κ2) is 9.62. The molecule has 0 saturated carbocycles. The highest BCUT2D eigenvalue weighted by atomic mass is 16.3. The normalized spacial score (nSPS) is 21.5. The lowest BCUT2D eigenvalue weighted by Gasteiger charge is -2.40. The average molecular weight is 351 g/mol. The van der Waals surface area contributed by atoms with Crippen LogP contribution in [0.2, 0.25) is 0 Å². The Labute approximate surface area is 156 Å². The molecule has 1 aromatic heterocycles. The molecule has 2 aromatic rings. The number of nitrogens with zero attached hydrogens (tertiary/aromatic N) is 3. The zero-order valence-electron chi connectivity index (χ0n) is 15.5. The number of rotatable bonds is 7. The smallest absolute Gasteiger partial charge is 0.0822 e. The molecule has 2 heterocycles. The maximum Gasteiger partial charge on any atom is 0.0822 e. The van der Waals surface area contributed by atoms with Gasteiger partial charge in [0.1, 0.15) is 0 Å². The summed E-state index contributed by atoms with van der Waals surface area (Å²) in [6.45, 7) is 3.56. The van der Waals surface area contributed by atoms with Crippen LogP contribution in [0.3, 0.4) is 0 Å². The number of piperidine rings is 1. The van der Waals surface area contributed by atoms with E-state index in [1.54, 1.807) is 0 Å². The summed E-state index contributed by atoms with van der Waals surface area (Å²) in [7, 11) is 2.11. The quantitative estimate of drug-likeness (QED) is 0.833. The number of likely N-dealkylation sites (N-methyl/N-ethyl adjacent to an activating group) is 1. The third-order valence-electron chi connectivity index (χ3n) is 5.12. The van der Waals surface area contributed by atoms with Crippen LogP contribution >= 0.6 is 0 Å². The highest BCUT2D eigenvalue weighted by molar-refractivity contribution is 5.48. The summed E-state index contributed by atoms with van der Waals surface area (Å²) in [6, 6.07) is 16.6. The van der Waals surface area contributed by atoms with Gasteiger partial charge in [-0.25, -0.2) is 0 Å². The van der Waals surface area contributed by atoms with E-state index in [-0.39, 0.29) is 12.1 Å². The van der Waals surface area contributed by atoms with Gasteiger partial charge in [-0.1, -0.05) is 48.6 Å². The van der Waals surface area contributed by atoms with E-state index in [4.69, 9.17) is 0 Å². The van der Waals surface area contributed by atoms with Crippen molar-refractivity contribution in [3.8, 4) is 0 Å². The predicted molar refractivity (Wildman–Crippen MR) is 107 cm³/mol. The molecular formula is C22H29N3O. The van der Waals surface area contributed by atoms with Gasteiger partial charge in [-0.3, -0.25) is 9.88 Å². The van der Waals surface area contributed by atoms with E-state index < -0.39 is 0 Å². The first kappa shape index (κ1) is 18.8. The Hall–Kier alpha value is -2.01. The van der Waals surface area contributed by atoms with Crippen molar-refractivity contribution in [3.63, 3.8) is 0 Å². The first-order chi connectivity index (χ1) is 12.7. The van der Waals surface area contributed by atoms with Crippen molar-refractivity contribution in [2.24, 2.45) is 0 Å². The molecular weight excluding hydrogens is 322 g/mol. The minimum absolute atomic E-state index is 0.230. The molecule has 1 saturated heterocycles. The Balaban J connectivity index is 1.43. The minimum Gasteiger partial charge on any atom is -0.390 e. The van der Waals surface area contributed by atoms with Crippen molar-refractivity contribution >= 4 is 6.08 Å². The Morgan fingerprint density at radius 1 is 1.19 bits per heavy atom. The fraction of sp³-hybridized carbons (Fsp3) is 0.409. The van der Waals surface area contributed by atoms with Crippen LogP contribution in [-0.4, -0.2) is 65.3 Å². The van der Waals surface area contributed by atoms with Gasteiger partial charge in [-0.2, -0.15) is 0 Å². The molecule has 0 radical (unpaired) electrons. The standard InChI is InChI=1S/C22H29N3O/c1-24(16-12-20-11-5-6-14-23-20)21-13-17-25(18-22(21)26)15-7-10-19-8-3-2-4-9-19/h2-11,14,21-22,26H,12-13,15-18H2,1H3/t21-,22-/m1/s1. The van der Waals surface area contributed by atoms with Crippen molar-refractivity contribution < 1.29 is 5.11 Å². The summed E-state index contributed by atoms with van der Waals surface area (Å²) in [5.41, 5.74) is 2.33. The number of benzene rings is 1. The van der Waals surface area contributed by atoms with Gasteiger partial charge in [0.05, 0.1) is 6.10 Å². The maximum atomic E-state index is 10.6. The lowest BCUT2D eigenvalue weighted by molar-refractivity contribution is -0.00000550. The van der Waals surface area contributed by atoms with Crippen molar-refractivity contribution in [1.82, 2.24) is 14.8 Å². The van der Waals surface area contributed by atoms with E-state index in [1.165, 1.54) is 5.56 Å². The fourth-order valence-electron chi connectivity index (χ4n) is 3.57. The zero-order valence-corrected chi connectivity index (χ0v) is 15.5. The first-order valence-corrected chi connectivity index (χ1v) is 9.44. The maximum absolute atomic E-state index is 10.6. The second-order valence-electron chi connectivity index (χ2n) is 7.05. The van der Waals surface area contributed by atoms with Crippen LogP contribution in [0.25, 0.3) is 6.08 Å². The van der Waals surface area contributed by atoms with Gasteiger partial charge >= 0.3 is 0 Å². The summed E-state index contributed by atoms with van der Waals surface area (Å²) in [5, 5.41) is 10.6. The number of aromatic nitrogens is 1. The first-order valence-electron chi connectivity index (χ1n) is 9.44. The molecule has 1 aliphatic rings. The highest BCUT2D eigenvalue weighted by Gasteiger charge is 2.29. The van der Waals surface area contributed by atoms with E-state index in [1.807, 2.05) is 24.4 Å². The Morgan fingerprint density at radius 2 is 2.00 bits per heavy atom. The number of aliphatic hydroxyl groups is 1. The number of hydrogen-bond acceptors (Lipinski definition) is 4. The lowest BCUT2D eigenvalue weighted by Crippen LogP contribution is -2.53. The largest absolute Gasteiger partial charge is 0.390 e. The minimum atomic E-state index is -0.303. The second-order valence-corrected chi connectivity index (χ2v) is 7.05. The van der Waals surface area contributed by atoms with Crippen molar-refractivity contribution in [1.29, 1.82) is 0 Å². The van der Waals surface area contributed by atoms with Crippen molar-refractivity contribution in [3.05, 3.63) is 72.1 Å². The van der Waals surface area contributed by atoms with E-state index in [0.717, 1.165) is 44.7 Å². The van der Waals surface area contributed by atoms with Crippen LogP contribution in [0.15, 0.2) is 60.8 Å². The molecule has 1 N–H and O–H groups in total. The molecule has 1 fully saturated rings. The predicted octanol–water partition coefficient (Wildman–Crippen LogP) is 2.70. The molecule has 0 unspecified atom stereocenters. The Kier molecular flexibility index (Phi) is 6.95. The number of pyridine rings is 1. The zero-order chi connectivity index (χ0) is 18.2.